The molecule has 0 aliphatic carbocycles. The van der Waals surface area contributed by atoms with Crippen molar-refractivity contribution in [2.24, 2.45) is 0 Å². The molecular weight excluding hydrogens is 464 g/mol. The molecule has 0 radical (unpaired) electrons. The number of aliphatic hydroxyl groups is 2. The van der Waals surface area contributed by atoms with E-state index in [0.717, 1.165) is 25.7 Å². The molecule has 1 unspecified atom stereocenters. The van der Waals surface area contributed by atoms with Gasteiger partial charge >= 0.3 is 0 Å². The molecule has 2 N–H and O–H groups in total. The summed E-state index contributed by atoms with van der Waals surface area (Å²) in [5.41, 5.74) is -0.381. The summed E-state index contributed by atoms with van der Waals surface area (Å²) in [4.78, 5) is 0. The lowest BCUT2D eigenvalue weighted by Crippen LogP contribution is -2.28. The predicted molar refractivity (Wildman–Crippen MR) is 171 cm³/mol. The molecule has 0 spiro atoms. The third-order valence-corrected chi connectivity index (χ3v) is 8.79. The van der Waals surface area contributed by atoms with Crippen molar-refractivity contribution < 1.29 is 10.2 Å². The Bertz CT molecular complexity index is 424. The number of unbranched alkanes of at least 4 members (excludes halogenated alkanes) is 26. The van der Waals surface area contributed by atoms with Crippen LogP contribution in [0.15, 0.2) is 0 Å². The monoisotopic (exact) mass is 539 g/mol. The topological polar surface area (TPSA) is 40.5 Å². The fourth-order valence-electron chi connectivity index (χ4n) is 6.06. The molecule has 0 aliphatic heterocycles. The van der Waals surface area contributed by atoms with Crippen molar-refractivity contribution >= 4 is 0 Å². The summed E-state index contributed by atoms with van der Waals surface area (Å²) in [6, 6.07) is 0. The van der Waals surface area contributed by atoms with E-state index in [-0.39, 0.29) is 5.60 Å². The smallest absolute Gasteiger partial charge is 0.0647 e. The van der Waals surface area contributed by atoms with Crippen molar-refractivity contribution in [2.75, 3.05) is 6.61 Å². The third kappa shape index (κ3) is 28.9. The van der Waals surface area contributed by atoms with Crippen LogP contribution in [0.1, 0.15) is 219 Å². The van der Waals surface area contributed by atoms with Crippen molar-refractivity contribution in [1.82, 2.24) is 0 Å². The highest BCUT2D eigenvalue weighted by molar-refractivity contribution is 4.78. The van der Waals surface area contributed by atoms with E-state index in [4.69, 9.17) is 5.11 Å². The molecule has 0 fully saturated rings. The number of aliphatic hydroxyl groups excluding tert-OH is 1. The zero-order valence-corrected chi connectivity index (χ0v) is 26.7. The first-order valence-electron chi connectivity index (χ1n) is 18.0. The number of hydrogen-bond acceptors (Lipinski definition) is 2. The Morgan fingerprint density at radius 3 is 0.763 bits per heavy atom. The molecule has 0 aromatic rings. The van der Waals surface area contributed by atoms with Gasteiger partial charge in [-0.3, -0.25) is 0 Å². The van der Waals surface area contributed by atoms with Gasteiger partial charge in [-0.05, 0) is 25.7 Å². The Kier molecular flexibility index (Phi) is 31.4. The summed E-state index contributed by atoms with van der Waals surface area (Å²) in [7, 11) is 0. The lowest BCUT2D eigenvalue weighted by atomic mass is 9.85. The minimum Gasteiger partial charge on any atom is -0.396 e. The average Bonchev–Trinajstić information content (AvgIpc) is 2.92. The van der Waals surface area contributed by atoms with E-state index in [1.165, 1.54) is 180 Å². The Hall–Kier alpha value is -0.0800. The van der Waals surface area contributed by atoms with E-state index in [1.807, 2.05) is 0 Å². The summed E-state index contributed by atoms with van der Waals surface area (Å²) in [6.45, 7) is 4.94. The molecule has 1 atom stereocenters. The summed E-state index contributed by atoms with van der Waals surface area (Å²) in [5.74, 6) is 0. The molecule has 0 saturated heterocycles. The maximum atomic E-state index is 11.5. The molecule has 0 aromatic heterocycles. The molecule has 0 aromatic carbocycles. The zero-order chi connectivity index (χ0) is 27.8. The van der Waals surface area contributed by atoms with Crippen molar-refractivity contribution in [3.63, 3.8) is 0 Å². The van der Waals surface area contributed by atoms with Crippen molar-refractivity contribution in [3.8, 4) is 0 Å². The maximum Gasteiger partial charge on any atom is 0.0647 e. The lowest BCUT2D eigenvalue weighted by molar-refractivity contribution is 0.00704. The number of rotatable bonds is 33. The van der Waals surface area contributed by atoms with Crippen LogP contribution >= 0.6 is 0 Å². The first-order chi connectivity index (χ1) is 18.7. The normalized spacial score (nSPS) is 13.3. The molecule has 38 heavy (non-hydrogen) atoms. The third-order valence-electron chi connectivity index (χ3n) is 8.79. The maximum absolute atomic E-state index is 11.5. The molecular formula is C36H74O2. The van der Waals surface area contributed by atoms with E-state index in [1.54, 1.807) is 0 Å². The van der Waals surface area contributed by atoms with Gasteiger partial charge in [-0.25, -0.2) is 0 Å². The van der Waals surface area contributed by atoms with E-state index in [0.29, 0.717) is 6.61 Å². The van der Waals surface area contributed by atoms with Crippen LogP contribution in [0.25, 0.3) is 0 Å². The molecule has 0 aliphatic rings. The van der Waals surface area contributed by atoms with Gasteiger partial charge in [0, 0.05) is 6.61 Å². The fraction of sp³-hybridized carbons (Fsp3) is 1.00. The summed E-state index contributed by atoms with van der Waals surface area (Å²) >= 11 is 0. The van der Waals surface area contributed by atoms with Crippen LogP contribution in [0.2, 0.25) is 0 Å². The second-order valence-electron chi connectivity index (χ2n) is 12.7. The van der Waals surface area contributed by atoms with Gasteiger partial charge in [0.25, 0.3) is 0 Å². The van der Waals surface area contributed by atoms with Crippen LogP contribution in [-0.4, -0.2) is 22.4 Å². The van der Waals surface area contributed by atoms with Gasteiger partial charge in [0.2, 0.25) is 0 Å². The van der Waals surface area contributed by atoms with Gasteiger partial charge in [0.1, 0.15) is 0 Å². The predicted octanol–water partition coefficient (Wildman–Crippen LogP) is 12.2. The molecule has 0 saturated carbocycles. The average molecular weight is 539 g/mol. The highest BCUT2D eigenvalue weighted by Crippen LogP contribution is 2.29. The SMILES string of the molecule is CCCCCCCCCC(O)(CCCCCCCC)CCCCCCCCCCCCCCCCCCO. The van der Waals surface area contributed by atoms with E-state index in [9.17, 15) is 5.11 Å². The Morgan fingerprint density at radius 1 is 0.316 bits per heavy atom. The molecule has 0 heterocycles. The van der Waals surface area contributed by atoms with Crippen LogP contribution in [0.4, 0.5) is 0 Å². The Morgan fingerprint density at radius 2 is 0.526 bits per heavy atom. The van der Waals surface area contributed by atoms with E-state index < -0.39 is 0 Å². The van der Waals surface area contributed by atoms with Crippen molar-refractivity contribution in [3.05, 3.63) is 0 Å². The molecule has 0 bridgehead atoms. The summed E-state index contributed by atoms with van der Waals surface area (Å²) in [5, 5.41) is 20.3. The second-order valence-corrected chi connectivity index (χ2v) is 12.7. The van der Waals surface area contributed by atoms with Crippen LogP contribution in [0, 0.1) is 0 Å². The highest BCUT2D eigenvalue weighted by atomic mass is 16.3. The molecule has 0 rings (SSSR count). The van der Waals surface area contributed by atoms with Crippen LogP contribution < -0.4 is 0 Å². The van der Waals surface area contributed by atoms with Gasteiger partial charge in [-0.1, -0.05) is 194 Å². The van der Waals surface area contributed by atoms with E-state index >= 15 is 0 Å². The minimum atomic E-state index is -0.381. The Balaban J connectivity index is 3.79. The van der Waals surface area contributed by atoms with Crippen LogP contribution in [0.3, 0.4) is 0 Å². The van der Waals surface area contributed by atoms with E-state index in [2.05, 4.69) is 13.8 Å². The first kappa shape index (κ1) is 37.9. The van der Waals surface area contributed by atoms with Gasteiger partial charge < -0.3 is 10.2 Å². The van der Waals surface area contributed by atoms with Gasteiger partial charge in [0.05, 0.1) is 5.60 Å². The highest BCUT2D eigenvalue weighted by Gasteiger charge is 2.25. The van der Waals surface area contributed by atoms with Gasteiger partial charge in [-0.15, -0.1) is 0 Å². The van der Waals surface area contributed by atoms with Crippen molar-refractivity contribution in [2.45, 2.75) is 225 Å². The molecule has 0 amide bonds. The lowest BCUT2D eigenvalue weighted by Gasteiger charge is -2.29. The van der Waals surface area contributed by atoms with Gasteiger partial charge in [0.15, 0.2) is 0 Å². The fourth-order valence-corrected chi connectivity index (χ4v) is 6.06. The van der Waals surface area contributed by atoms with Gasteiger partial charge in [-0.2, -0.15) is 0 Å². The van der Waals surface area contributed by atoms with Crippen molar-refractivity contribution in [1.29, 1.82) is 0 Å². The minimum absolute atomic E-state index is 0.363. The summed E-state index contributed by atoms with van der Waals surface area (Å²) < 4.78 is 0. The zero-order valence-electron chi connectivity index (χ0n) is 26.7. The summed E-state index contributed by atoms with van der Waals surface area (Å²) in [6.07, 6.45) is 41.9. The Labute approximate surface area is 241 Å². The number of hydrogen-bond donors (Lipinski definition) is 2. The molecule has 2 heteroatoms. The largest absolute Gasteiger partial charge is 0.396 e. The molecule has 2 nitrogen and oxygen atoms in total. The quantitative estimate of drug-likeness (QED) is 0.0815. The first-order valence-corrected chi connectivity index (χ1v) is 18.0. The van der Waals surface area contributed by atoms with Crippen LogP contribution in [0.5, 0.6) is 0 Å². The molecule has 230 valence electrons. The van der Waals surface area contributed by atoms with Crippen LogP contribution in [-0.2, 0) is 0 Å². The standard InChI is InChI=1S/C36H74O2/c1-3-5-7-9-21-25-29-33-36(38,32-28-24-10-8-6-4-2)34-30-26-22-19-17-15-13-11-12-14-16-18-20-23-27-31-35-37/h37-38H,3-35H2,1-2H3. The second kappa shape index (κ2) is 31.4.